The summed E-state index contributed by atoms with van der Waals surface area (Å²) in [4.78, 5) is 15.3. The molecular weight excluding hydrogens is 359 g/mol. The molecule has 0 saturated carbocycles. The summed E-state index contributed by atoms with van der Waals surface area (Å²) >= 11 is 3.86. The number of carbonyl (C=O) groups excluding carboxylic acids is 1. The van der Waals surface area contributed by atoms with Crippen molar-refractivity contribution in [3.05, 3.63) is 39.3 Å². The quantitative estimate of drug-likeness (QED) is 0.741. The number of hydrogen-bond donors (Lipinski definition) is 0. The van der Waals surface area contributed by atoms with Gasteiger partial charge in [-0.15, -0.1) is 11.3 Å². The summed E-state index contributed by atoms with van der Waals surface area (Å²) in [5.41, 5.74) is -0.876. The molecular formula is C12H7BrF3NO2S. The standard InChI is InChI=1S/C12H7BrF3NO2S/c1-19-11(18)9-5-17-10(20-9)7-3-2-6(13)4-8(7)12(14,15)16/h2-5H,1H3. The van der Waals surface area contributed by atoms with Crippen molar-refractivity contribution in [3.8, 4) is 10.6 Å². The molecule has 3 nitrogen and oxygen atoms in total. The van der Waals surface area contributed by atoms with Gasteiger partial charge in [-0.25, -0.2) is 9.78 Å². The number of esters is 1. The molecule has 0 atom stereocenters. The number of carbonyl (C=O) groups is 1. The van der Waals surface area contributed by atoms with Crippen molar-refractivity contribution in [1.29, 1.82) is 0 Å². The van der Waals surface area contributed by atoms with Gasteiger partial charge < -0.3 is 4.74 Å². The number of methoxy groups -OCH3 is 1. The van der Waals surface area contributed by atoms with Crippen LogP contribution in [0.4, 0.5) is 13.2 Å². The van der Waals surface area contributed by atoms with E-state index in [0.717, 1.165) is 17.4 Å². The van der Waals surface area contributed by atoms with E-state index in [9.17, 15) is 18.0 Å². The van der Waals surface area contributed by atoms with Crippen LogP contribution in [-0.4, -0.2) is 18.1 Å². The number of thiazole rings is 1. The smallest absolute Gasteiger partial charge is 0.417 e. The van der Waals surface area contributed by atoms with Crippen LogP contribution in [-0.2, 0) is 10.9 Å². The Morgan fingerprint density at radius 3 is 2.70 bits per heavy atom. The van der Waals surface area contributed by atoms with Gasteiger partial charge in [0.15, 0.2) is 0 Å². The molecule has 1 heterocycles. The molecule has 106 valence electrons. The van der Waals surface area contributed by atoms with E-state index in [-0.39, 0.29) is 15.4 Å². The minimum Gasteiger partial charge on any atom is -0.465 e. The normalized spacial score (nSPS) is 11.4. The molecule has 2 aromatic rings. The molecule has 0 aliphatic carbocycles. The van der Waals surface area contributed by atoms with Crippen LogP contribution in [0, 0.1) is 0 Å². The van der Waals surface area contributed by atoms with Crippen LogP contribution in [0.25, 0.3) is 10.6 Å². The zero-order valence-electron chi connectivity index (χ0n) is 9.99. The first-order chi connectivity index (χ1) is 9.32. The van der Waals surface area contributed by atoms with Gasteiger partial charge in [0.2, 0.25) is 0 Å². The Labute approximate surface area is 124 Å². The lowest BCUT2D eigenvalue weighted by molar-refractivity contribution is -0.137. The van der Waals surface area contributed by atoms with Crippen molar-refractivity contribution in [1.82, 2.24) is 4.98 Å². The molecule has 8 heteroatoms. The van der Waals surface area contributed by atoms with Crippen molar-refractivity contribution in [2.45, 2.75) is 6.18 Å². The molecule has 0 spiro atoms. The number of benzene rings is 1. The highest BCUT2D eigenvalue weighted by molar-refractivity contribution is 9.10. The summed E-state index contributed by atoms with van der Waals surface area (Å²) in [5.74, 6) is -0.626. The van der Waals surface area contributed by atoms with Gasteiger partial charge in [0.1, 0.15) is 9.88 Å². The minimum absolute atomic E-state index is 0.0687. The Kier molecular flexibility index (Phi) is 4.14. The Morgan fingerprint density at radius 2 is 2.10 bits per heavy atom. The van der Waals surface area contributed by atoms with Gasteiger partial charge in [0.05, 0.1) is 18.9 Å². The second-order valence-corrected chi connectivity index (χ2v) is 5.66. The summed E-state index contributed by atoms with van der Waals surface area (Å²) in [6.07, 6.45) is -3.30. The number of rotatable bonds is 2. The SMILES string of the molecule is COC(=O)c1cnc(-c2ccc(Br)cc2C(F)(F)F)s1. The first-order valence-electron chi connectivity index (χ1n) is 5.24. The number of nitrogens with zero attached hydrogens (tertiary/aromatic N) is 1. The summed E-state index contributed by atoms with van der Waals surface area (Å²) in [5, 5.41) is 0.116. The maximum Gasteiger partial charge on any atom is 0.417 e. The third kappa shape index (κ3) is 3.01. The molecule has 1 aromatic carbocycles. The fourth-order valence-corrected chi connectivity index (χ4v) is 2.77. The molecule has 0 aliphatic rings. The van der Waals surface area contributed by atoms with Crippen molar-refractivity contribution in [2.75, 3.05) is 7.11 Å². The Morgan fingerprint density at radius 1 is 1.40 bits per heavy atom. The maximum absolute atomic E-state index is 13.0. The Hall–Kier alpha value is -1.41. The van der Waals surface area contributed by atoms with Crippen LogP contribution in [0.1, 0.15) is 15.2 Å². The highest BCUT2D eigenvalue weighted by Gasteiger charge is 2.34. The second kappa shape index (κ2) is 5.53. The zero-order valence-corrected chi connectivity index (χ0v) is 12.4. The average molecular weight is 366 g/mol. The van der Waals surface area contributed by atoms with Crippen molar-refractivity contribution in [2.24, 2.45) is 0 Å². The van der Waals surface area contributed by atoms with E-state index in [4.69, 9.17) is 0 Å². The monoisotopic (exact) mass is 365 g/mol. The molecule has 0 saturated heterocycles. The largest absolute Gasteiger partial charge is 0.465 e. The van der Waals surface area contributed by atoms with Crippen LogP contribution < -0.4 is 0 Å². The molecule has 0 unspecified atom stereocenters. The van der Waals surface area contributed by atoms with Crippen molar-refractivity contribution in [3.63, 3.8) is 0 Å². The lowest BCUT2D eigenvalue weighted by atomic mass is 10.1. The molecule has 20 heavy (non-hydrogen) atoms. The molecule has 0 radical (unpaired) electrons. The number of ether oxygens (including phenoxy) is 1. The maximum atomic E-state index is 13.0. The van der Waals surface area contributed by atoms with Crippen LogP contribution in [0.3, 0.4) is 0 Å². The van der Waals surface area contributed by atoms with Gasteiger partial charge >= 0.3 is 12.1 Å². The fraction of sp³-hybridized carbons (Fsp3) is 0.167. The summed E-state index contributed by atoms with van der Waals surface area (Å²) in [6, 6.07) is 3.78. The van der Waals surface area contributed by atoms with Crippen molar-refractivity contribution < 1.29 is 22.7 Å². The summed E-state index contributed by atoms with van der Waals surface area (Å²) in [6.45, 7) is 0. The van der Waals surface area contributed by atoms with E-state index >= 15 is 0 Å². The zero-order chi connectivity index (χ0) is 14.9. The van der Waals surface area contributed by atoms with Gasteiger partial charge in [-0.1, -0.05) is 22.0 Å². The summed E-state index contributed by atoms with van der Waals surface area (Å²) < 4.78 is 43.9. The second-order valence-electron chi connectivity index (χ2n) is 3.71. The van der Waals surface area contributed by atoms with Gasteiger partial charge in [-0.2, -0.15) is 13.2 Å². The molecule has 0 amide bonds. The van der Waals surface area contributed by atoms with Gasteiger partial charge in [0, 0.05) is 10.0 Å². The van der Waals surface area contributed by atoms with E-state index in [1.165, 1.54) is 25.4 Å². The number of alkyl halides is 3. The fourth-order valence-electron chi connectivity index (χ4n) is 1.53. The number of halogens is 4. The Balaban J connectivity index is 2.53. The Bertz CT molecular complexity index is 654. The van der Waals surface area contributed by atoms with Gasteiger partial charge in [-0.3, -0.25) is 0 Å². The molecule has 0 bridgehead atoms. The average Bonchev–Trinajstić information content (AvgIpc) is 2.86. The van der Waals surface area contributed by atoms with Crippen molar-refractivity contribution >= 4 is 33.2 Å². The number of hydrogen-bond acceptors (Lipinski definition) is 4. The third-order valence-corrected chi connectivity index (χ3v) is 3.91. The molecule has 2 rings (SSSR count). The lowest BCUT2D eigenvalue weighted by Gasteiger charge is -2.11. The van der Waals surface area contributed by atoms with Crippen LogP contribution in [0.5, 0.6) is 0 Å². The van der Waals surface area contributed by atoms with E-state index in [1.54, 1.807) is 0 Å². The summed E-state index contributed by atoms with van der Waals surface area (Å²) in [7, 11) is 1.20. The number of aromatic nitrogens is 1. The van der Waals surface area contributed by atoms with Crippen LogP contribution in [0.15, 0.2) is 28.9 Å². The molecule has 0 fully saturated rings. The molecule has 0 aliphatic heterocycles. The highest BCUT2D eigenvalue weighted by atomic mass is 79.9. The highest BCUT2D eigenvalue weighted by Crippen LogP contribution is 2.39. The van der Waals surface area contributed by atoms with E-state index in [1.807, 2.05) is 0 Å². The topological polar surface area (TPSA) is 39.2 Å². The first kappa shape index (κ1) is 15.0. The predicted octanol–water partition coefficient (Wildman–Crippen LogP) is 4.38. The van der Waals surface area contributed by atoms with E-state index < -0.39 is 17.7 Å². The third-order valence-electron chi connectivity index (χ3n) is 2.41. The first-order valence-corrected chi connectivity index (χ1v) is 6.85. The van der Waals surface area contributed by atoms with Gasteiger partial charge in [-0.05, 0) is 12.1 Å². The van der Waals surface area contributed by atoms with Gasteiger partial charge in [0.25, 0.3) is 0 Å². The van der Waals surface area contributed by atoms with Crippen LogP contribution in [0.2, 0.25) is 0 Å². The van der Waals surface area contributed by atoms with Crippen LogP contribution >= 0.6 is 27.3 Å². The molecule has 0 N–H and O–H groups in total. The lowest BCUT2D eigenvalue weighted by Crippen LogP contribution is -2.07. The minimum atomic E-state index is -4.50. The predicted molar refractivity (Wildman–Crippen MR) is 71.6 cm³/mol. The molecule has 1 aromatic heterocycles. The van der Waals surface area contributed by atoms with E-state index in [2.05, 4.69) is 25.7 Å². The van der Waals surface area contributed by atoms with E-state index in [0.29, 0.717) is 4.47 Å².